The maximum absolute atomic E-state index is 12.7. The van der Waals surface area contributed by atoms with Crippen molar-refractivity contribution in [3.05, 3.63) is 90.0 Å². The third-order valence-corrected chi connectivity index (χ3v) is 5.72. The number of hydrogen-bond acceptors (Lipinski definition) is 4. The molecular weight excluding hydrogens is 402 g/mol. The maximum Gasteiger partial charge on any atom is 0.224 e. The Hall–Kier alpha value is -3.54. The minimum Gasteiger partial charge on any atom is -0.385 e. The lowest BCUT2D eigenvalue weighted by atomic mass is 9.99. The van der Waals surface area contributed by atoms with E-state index in [2.05, 4.69) is 17.4 Å². The van der Waals surface area contributed by atoms with Crippen molar-refractivity contribution in [1.82, 2.24) is 0 Å². The van der Waals surface area contributed by atoms with Crippen LogP contribution >= 0.6 is 0 Å². The first kappa shape index (κ1) is 21.7. The molecule has 0 aromatic heterocycles. The molecule has 0 aliphatic rings. The fourth-order valence-corrected chi connectivity index (χ4v) is 3.91. The van der Waals surface area contributed by atoms with Gasteiger partial charge in [0.15, 0.2) is 5.78 Å². The molecule has 0 radical (unpaired) electrons. The van der Waals surface area contributed by atoms with Gasteiger partial charge in [0.1, 0.15) is 12.2 Å². The summed E-state index contributed by atoms with van der Waals surface area (Å²) in [5.74, 6) is -0.569. The zero-order valence-corrected chi connectivity index (χ0v) is 17.8. The van der Waals surface area contributed by atoms with E-state index in [1.165, 1.54) is 6.92 Å². The fourth-order valence-electron chi connectivity index (χ4n) is 3.91. The van der Waals surface area contributed by atoms with E-state index in [0.717, 1.165) is 32.8 Å². The highest BCUT2D eigenvalue weighted by Crippen LogP contribution is 2.32. The van der Waals surface area contributed by atoms with Gasteiger partial charge in [-0.25, -0.2) is 0 Å². The molecule has 4 aromatic rings. The molecule has 0 heterocycles. The average Bonchev–Trinajstić information content (AvgIpc) is 2.82. The highest BCUT2D eigenvalue weighted by molar-refractivity contribution is 6.15. The Morgan fingerprint density at radius 3 is 2.16 bits per heavy atom. The summed E-state index contributed by atoms with van der Waals surface area (Å²) in [7, 11) is 0. The first-order valence-corrected chi connectivity index (χ1v) is 10.6. The van der Waals surface area contributed by atoms with Crippen LogP contribution in [0.2, 0.25) is 0 Å². The van der Waals surface area contributed by atoms with Crippen molar-refractivity contribution < 1.29 is 19.8 Å². The van der Waals surface area contributed by atoms with Crippen LogP contribution in [-0.4, -0.2) is 28.0 Å². The molecule has 0 saturated heterocycles. The SMILES string of the molecule is CC(=O)C(O)C(O)c1ccc(CCC(=O)Nc2cc3ccccc3c3ccccc23)cc1. The Balaban J connectivity index is 1.45. The van der Waals surface area contributed by atoms with Crippen LogP contribution in [0.25, 0.3) is 21.5 Å². The van der Waals surface area contributed by atoms with Gasteiger partial charge < -0.3 is 15.5 Å². The van der Waals surface area contributed by atoms with Gasteiger partial charge in [0, 0.05) is 17.5 Å². The highest BCUT2D eigenvalue weighted by atomic mass is 16.3. The highest BCUT2D eigenvalue weighted by Gasteiger charge is 2.22. The van der Waals surface area contributed by atoms with Crippen LogP contribution in [0.15, 0.2) is 78.9 Å². The Bertz CT molecular complexity index is 1280. The lowest BCUT2D eigenvalue weighted by Crippen LogP contribution is -2.25. The van der Waals surface area contributed by atoms with Crippen molar-refractivity contribution in [2.24, 2.45) is 0 Å². The van der Waals surface area contributed by atoms with Gasteiger partial charge in [-0.05, 0) is 46.7 Å². The number of carbonyl (C=O) groups is 2. The van der Waals surface area contributed by atoms with Gasteiger partial charge in [0.05, 0.1) is 0 Å². The second-order valence-electron chi connectivity index (χ2n) is 7.98. The number of Topliss-reactive ketones (excluding diaryl/α,β-unsaturated/α-hetero) is 1. The van der Waals surface area contributed by atoms with Crippen LogP contribution in [0.3, 0.4) is 0 Å². The molecule has 0 saturated carbocycles. The number of nitrogens with one attached hydrogen (secondary N) is 1. The van der Waals surface area contributed by atoms with Gasteiger partial charge in [0.2, 0.25) is 5.91 Å². The maximum atomic E-state index is 12.7. The zero-order chi connectivity index (χ0) is 22.7. The number of fused-ring (bicyclic) bond motifs is 3. The first-order chi connectivity index (χ1) is 15.4. The second kappa shape index (κ2) is 9.30. The van der Waals surface area contributed by atoms with E-state index in [0.29, 0.717) is 18.4 Å². The number of anilines is 1. The fraction of sp³-hybridized carbons (Fsp3) is 0.185. The molecule has 2 atom stereocenters. The van der Waals surface area contributed by atoms with Gasteiger partial charge in [-0.15, -0.1) is 0 Å². The smallest absolute Gasteiger partial charge is 0.224 e. The number of aliphatic hydroxyl groups excluding tert-OH is 2. The van der Waals surface area contributed by atoms with Crippen molar-refractivity contribution in [1.29, 1.82) is 0 Å². The van der Waals surface area contributed by atoms with E-state index in [1.807, 2.05) is 42.5 Å². The van der Waals surface area contributed by atoms with Crippen molar-refractivity contribution in [2.75, 3.05) is 5.32 Å². The summed E-state index contributed by atoms with van der Waals surface area (Å²) < 4.78 is 0. The Kier molecular flexibility index (Phi) is 6.30. The number of ketones is 1. The van der Waals surface area contributed by atoms with E-state index >= 15 is 0 Å². The van der Waals surface area contributed by atoms with Gasteiger partial charge in [-0.2, -0.15) is 0 Å². The van der Waals surface area contributed by atoms with Crippen molar-refractivity contribution in [3.8, 4) is 0 Å². The third kappa shape index (κ3) is 4.54. The lowest BCUT2D eigenvalue weighted by molar-refractivity contribution is -0.130. The van der Waals surface area contributed by atoms with Gasteiger partial charge >= 0.3 is 0 Å². The van der Waals surface area contributed by atoms with Crippen molar-refractivity contribution in [2.45, 2.75) is 32.0 Å². The van der Waals surface area contributed by atoms with E-state index < -0.39 is 18.0 Å². The molecule has 5 nitrogen and oxygen atoms in total. The molecule has 162 valence electrons. The molecule has 0 aliphatic carbocycles. The molecule has 1 amide bonds. The summed E-state index contributed by atoms with van der Waals surface area (Å²) in [5.41, 5.74) is 2.18. The summed E-state index contributed by atoms with van der Waals surface area (Å²) in [6.45, 7) is 1.24. The largest absolute Gasteiger partial charge is 0.385 e. The van der Waals surface area contributed by atoms with Crippen LogP contribution in [-0.2, 0) is 16.0 Å². The molecular formula is C27H25NO4. The van der Waals surface area contributed by atoms with E-state index in [-0.39, 0.29) is 5.91 Å². The van der Waals surface area contributed by atoms with Crippen LogP contribution in [0, 0.1) is 0 Å². The predicted octanol–water partition coefficient (Wildman–Crippen LogP) is 4.55. The number of aliphatic hydroxyl groups is 2. The van der Waals surface area contributed by atoms with Gasteiger partial charge in [-0.3, -0.25) is 9.59 Å². The van der Waals surface area contributed by atoms with Crippen LogP contribution in [0.4, 0.5) is 5.69 Å². The second-order valence-corrected chi connectivity index (χ2v) is 7.98. The molecule has 5 heteroatoms. The summed E-state index contributed by atoms with van der Waals surface area (Å²) >= 11 is 0. The van der Waals surface area contributed by atoms with Gasteiger partial charge in [0.25, 0.3) is 0 Å². The molecule has 3 N–H and O–H groups in total. The van der Waals surface area contributed by atoms with Crippen LogP contribution in [0.5, 0.6) is 0 Å². The Labute approximate surface area is 186 Å². The summed E-state index contributed by atoms with van der Waals surface area (Å²) in [6.07, 6.45) is -1.86. The number of benzene rings is 4. The van der Waals surface area contributed by atoms with Crippen molar-refractivity contribution >= 4 is 38.9 Å². The minimum atomic E-state index is -1.44. The number of amides is 1. The monoisotopic (exact) mass is 427 g/mol. The third-order valence-electron chi connectivity index (χ3n) is 5.72. The molecule has 32 heavy (non-hydrogen) atoms. The molecule has 4 rings (SSSR count). The zero-order valence-electron chi connectivity index (χ0n) is 17.8. The summed E-state index contributed by atoms with van der Waals surface area (Å²) in [5, 5.41) is 27.2. The van der Waals surface area contributed by atoms with Gasteiger partial charge in [-0.1, -0.05) is 72.8 Å². The minimum absolute atomic E-state index is 0.0819. The standard InChI is InChI=1S/C27H25NO4/c1-17(29)26(31)27(32)19-13-10-18(11-14-19)12-15-25(30)28-24-16-20-6-2-3-7-21(20)22-8-4-5-9-23(22)24/h2-11,13-14,16,26-27,31-32H,12,15H2,1H3,(H,28,30). The number of aryl methyl sites for hydroxylation is 1. The normalized spacial score (nSPS) is 13.1. The molecule has 0 spiro atoms. The van der Waals surface area contributed by atoms with E-state index in [4.69, 9.17) is 0 Å². The molecule has 4 aromatic carbocycles. The van der Waals surface area contributed by atoms with Crippen LogP contribution in [0.1, 0.15) is 30.6 Å². The summed E-state index contributed by atoms with van der Waals surface area (Å²) in [4.78, 5) is 23.9. The number of carbonyl (C=O) groups excluding carboxylic acids is 2. The molecule has 0 bridgehead atoms. The van der Waals surface area contributed by atoms with Crippen LogP contribution < -0.4 is 5.32 Å². The topological polar surface area (TPSA) is 86.6 Å². The number of rotatable bonds is 7. The Morgan fingerprint density at radius 1 is 0.844 bits per heavy atom. The first-order valence-electron chi connectivity index (χ1n) is 10.6. The molecule has 0 aliphatic heterocycles. The summed E-state index contributed by atoms with van der Waals surface area (Å²) in [6, 6.07) is 25.1. The predicted molar refractivity (Wildman–Crippen MR) is 126 cm³/mol. The van der Waals surface area contributed by atoms with E-state index in [1.54, 1.807) is 24.3 Å². The number of hydrogen-bond donors (Lipinski definition) is 3. The quantitative estimate of drug-likeness (QED) is 0.378. The van der Waals surface area contributed by atoms with Crippen molar-refractivity contribution in [3.63, 3.8) is 0 Å². The average molecular weight is 428 g/mol. The van der Waals surface area contributed by atoms with E-state index in [9.17, 15) is 19.8 Å². The lowest BCUT2D eigenvalue weighted by Gasteiger charge is -2.16. The molecule has 2 unspecified atom stereocenters. The Morgan fingerprint density at radius 2 is 1.47 bits per heavy atom. The molecule has 0 fully saturated rings.